The molecule has 0 saturated carbocycles. The van der Waals surface area contributed by atoms with Gasteiger partial charge in [0.2, 0.25) is 0 Å². The largest absolute Gasteiger partial charge is 0.478 e. The van der Waals surface area contributed by atoms with Gasteiger partial charge >= 0.3 is 10.8 Å². The Hall–Kier alpha value is -4.04. The van der Waals surface area contributed by atoms with Crippen molar-refractivity contribution in [1.82, 2.24) is 19.3 Å². The van der Waals surface area contributed by atoms with Crippen LogP contribution in [0.25, 0.3) is 33.5 Å². The van der Waals surface area contributed by atoms with Gasteiger partial charge in [-0.3, -0.25) is 9.17 Å². The smallest absolute Gasteiger partial charge is 0.344 e. The number of rotatable bonds is 5. The van der Waals surface area contributed by atoms with Crippen LogP contribution in [0.4, 0.5) is 0 Å². The fourth-order valence-electron chi connectivity index (χ4n) is 3.89. The number of aromatic nitrogens is 4. The van der Waals surface area contributed by atoms with Crippen LogP contribution in [0.5, 0.6) is 0 Å². The van der Waals surface area contributed by atoms with E-state index in [1.165, 1.54) is 0 Å². The maximum Gasteiger partial charge on any atom is 0.344 e. The number of fused-ring (bicyclic) bond motifs is 1. The molecule has 0 radical (unpaired) electrons. The number of carbonyl (C=O) groups is 1. The predicted molar refractivity (Wildman–Crippen MR) is 124 cm³/mol. The second kappa shape index (κ2) is 7.90. The molecule has 2 aromatic heterocycles. The van der Waals surface area contributed by atoms with E-state index >= 15 is 0 Å². The van der Waals surface area contributed by atoms with Crippen LogP contribution in [0.2, 0.25) is 0 Å². The van der Waals surface area contributed by atoms with Gasteiger partial charge in [-0.15, -0.1) is 0 Å². The van der Waals surface area contributed by atoms with Crippen molar-refractivity contribution in [2.75, 3.05) is 0 Å². The SMILES string of the molecule is Cc1nc2c(Cc3ccc(-c4ccccc4-c4nc(=O)s[nH]4)cc3)ccc(C(=O)O)c2[nH]1. The molecule has 0 bridgehead atoms. The molecule has 5 rings (SSSR count). The number of carboxylic acids is 1. The van der Waals surface area contributed by atoms with Crippen molar-refractivity contribution in [2.45, 2.75) is 13.3 Å². The fourth-order valence-corrected chi connectivity index (χ4v) is 4.37. The first-order valence-electron chi connectivity index (χ1n) is 9.95. The Balaban J connectivity index is 1.48. The van der Waals surface area contributed by atoms with Gasteiger partial charge in [0.25, 0.3) is 0 Å². The molecule has 0 atom stereocenters. The highest BCUT2D eigenvalue weighted by molar-refractivity contribution is 7.03. The van der Waals surface area contributed by atoms with E-state index in [4.69, 9.17) is 0 Å². The van der Waals surface area contributed by atoms with Crippen LogP contribution in [0, 0.1) is 6.92 Å². The number of aromatic carboxylic acids is 1. The summed E-state index contributed by atoms with van der Waals surface area (Å²) in [4.78, 5) is 34.4. The van der Waals surface area contributed by atoms with Crippen LogP contribution in [-0.4, -0.2) is 30.4 Å². The highest BCUT2D eigenvalue weighted by Gasteiger charge is 2.15. The van der Waals surface area contributed by atoms with Crippen molar-refractivity contribution in [3.8, 4) is 22.5 Å². The van der Waals surface area contributed by atoms with Gasteiger partial charge in [-0.25, -0.2) is 9.78 Å². The standard InChI is InChI=1S/C24H18N4O3S/c1-13-25-20-16(10-11-19(23(29)30)21(20)26-13)12-14-6-8-15(9-7-14)17-4-2-3-5-18(17)22-27-24(31)32-28-22/h2-11H,12H2,1H3,(H,25,26)(H,29,30)(H,27,28,31). The molecule has 3 aromatic carbocycles. The summed E-state index contributed by atoms with van der Waals surface area (Å²) in [6.45, 7) is 1.82. The first-order valence-corrected chi connectivity index (χ1v) is 10.8. The van der Waals surface area contributed by atoms with Gasteiger partial charge < -0.3 is 10.1 Å². The molecule has 3 N–H and O–H groups in total. The summed E-state index contributed by atoms with van der Waals surface area (Å²) in [6.07, 6.45) is 0.627. The van der Waals surface area contributed by atoms with Gasteiger partial charge in [-0.05, 0) is 41.7 Å². The molecular formula is C24H18N4O3S. The monoisotopic (exact) mass is 442 g/mol. The summed E-state index contributed by atoms with van der Waals surface area (Å²) < 4.78 is 2.97. The predicted octanol–water partition coefficient (Wildman–Crippen LogP) is 4.64. The lowest BCUT2D eigenvalue weighted by Gasteiger charge is -2.09. The zero-order valence-electron chi connectivity index (χ0n) is 17.0. The number of aromatic amines is 2. The molecule has 0 aliphatic heterocycles. The van der Waals surface area contributed by atoms with Gasteiger partial charge in [-0.2, -0.15) is 4.98 Å². The number of hydrogen-bond donors (Lipinski definition) is 3. The summed E-state index contributed by atoms with van der Waals surface area (Å²) in [7, 11) is 0. The number of nitrogens with zero attached hydrogens (tertiary/aromatic N) is 2. The minimum atomic E-state index is -0.977. The van der Waals surface area contributed by atoms with Gasteiger partial charge in [0.15, 0.2) is 5.82 Å². The first-order chi connectivity index (χ1) is 15.5. The van der Waals surface area contributed by atoms with Crippen molar-refractivity contribution in [1.29, 1.82) is 0 Å². The van der Waals surface area contributed by atoms with Crippen molar-refractivity contribution in [3.63, 3.8) is 0 Å². The van der Waals surface area contributed by atoms with Gasteiger partial charge in [0.05, 0.1) is 16.6 Å². The highest BCUT2D eigenvalue weighted by Crippen LogP contribution is 2.31. The number of imidazole rings is 1. The summed E-state index contributed by atoms with van der Waals surface area (Å²) in [5.74, 6) is 0.270. The van der Waals surface area contributed by atoms with Crippen LogP contribution in [0.15, 0.2) is 65.5 Å². The third kappa shape index (κ3) is 3.61. The first kappa shape index (κ1) is 19.9. The van der Waals surface area contributed by atoms with Crippen LogP contribution in [0.1, 0.15) is 27.3 Å². The number of H-pyrrole nitrogens is 2. The van der Waals surface area contributed by atoms with E-state index < -0.39 is 5.97 Å². The number of carboxylic acid groups (broad SMARTS) is 1. The van der Waals surface area contributed by atoms with Crippen molar-refractivity contribution >= 4 is 28.5 Å². The van der Waals surface area contributed by atoms with E-state index in [-0.39, 0.29) is 10.4 Å². The minimum absolute atomic E-state index is 0.219. The summed E-state index contributed by atoms with van der Waals surface area (Å²) >= 11 is 0.975. The molecule has 0 amide bonds. The summed E-state index contributed by atoms with van der Waals surface area (Å²) in [6, 6.07) is 19.4. The Morgan fingerprint density at radius 1 is 1.00 bits per heavy atom. The van der Waals surface area contributed by atoms with Crippen LogP contribution < -0.4 is 4.87 Å². The molecule has 7 nitrogen and oxygen atoms in total. The Bertz CT molecular complexity index is 1510. The van der Waals surface area contributed by atoms with E-state index in [1.807, 2.05) is 61.5 Å². The van der Waals surface area contributed by atoms with Crippen molar-refractivity contribution < 1.29 is 9.90 Å². The van der Waals surface area contributed by atoms with Crippen molar-refractivity contribution in [3.05, 3.63) is 92.8 Å². The molecule has 0 aliphatic carbocycles. The molecule has 0 aliphatic rings. The quantitative estimate of drug-likeness (QED) is 0.367. The lowest BCUT2D eigenvalue weighted by atomic mass is 9.96. The Kier molecular flexibility index (Phi) is 4.91. The van der Waals surface area contributed by atoms with E-state index in [9.17, 15) is 14.7 Å². The second-order valence-electron chi connectivity index (χ2n) is 7.47. The molecule has 0 fully saturated rings. The molecule has 5 aromatic rings. The number of benzene rings is 3. The van der Waals surface area contributed by atoms with Crippen LogP contribution >= 0.6 is 11.5 Å². The molecule has 158 valence electrons. The van der Waals surface area contributed by atoms with Gasteiger partial charge in [-0.1, -0.05) is 54.6 Å². The van der Waals surface area contributed by atoms with Crippen LogP contribution in [-0.2, 0) is 6.42 Å². The third-order valence-electron chi connectivity index (χ3n) is 5.36. The number of nitrogens with one attached hydrogen (secondary N) is 2. The van der Waals surface area contributed by atoms with Gasteiger partial charge in [0.1, 0.15) is 5.82 Å². The maximum atomic E-state index is 11.5. The lowest BCUT2D eigenvalue weighted by Crippen LogP contribution is -1.99. The Morgan fingerprint density at radius 3 is 2.44 bits per heavy atom. The van der Waals surface area contributed by atoms with Gasteiger partial charge in [0, 0.05) is 17.1 Å². The number of hydrogen-bond acceptors (Lipinski definition) is 5. The highest BCUT2D eigenvalue weighted by atomic mass is 32.1. The average molecular weight is 443 g/mol. The van der Waals surface area contributed by atoms with Crippen LogP contribution in [0.3, 0.4) is 0 Å². The Morgan fingerprint density at radius 2 is 1.75 bits per heavy atom. The molecular weight excluding hydrogens is 424 g/mol. The minimum Gasteiger partial charge on any atom is -0.478 e. The fraction of sp³-hybridized carbons (Fsp3) is 0.0833. The normalized spacial score (nSPS) is 11.2. The van der Waals surface area contributed by atoms with E-state index in [1.54, 1.807) is 6.07 Å². The topological polar surface area (TPSA) is 112 Å². The molecule has 0 saturated heterocycles. The second-order valence-corrected chi connectivity index (χ2v) is 8.23. The average Bonchev–Trinajstić information content (AvgIpc) is 3.39. The van der Waals surface area contributed by atoms with E-state index in [2.05, 4.69) is 19.3 Å². The van der Waals surface area contributed by atoms with Crippen molar-refractivity contribution in [2.24, 2.45) is 0 Å². The summed E-state index contributed by atoms with van der Waals surface area (Å²) in [5, 5.41) is 9.45. The molecule has 2 heterocycles. The summed E-state index contributed by atoms with van der Waals surface area (Å²) in [5.41, 5.74) is 6.37. The lowest BCUT2D eigenvalue weighted by molar-refractivity contribution is 0.0699. The zero-order valence-corrected chi connectivity index (χ0v) is 17.9. The number of aryl methyl sites for hydroxylation is 1. The Labute approximate surface area is 186 Å². The zero-order chi connectivity index (χ0) is 22.2. The third-order valence-corrected chi connectivity index (χ3v) is 5.92. The molecule has 8 heteroatoms. The van der Waals surface area contributed by atoms with E-state index in [0.29, 0.717) is 29.1 Å². The molecule has 0 unspecified atom stereocenters. The van der Waals surface area contributed by atoms with E-state index in [0.717, 1.165) is 39.3 Å². The maximum absolute atomic E-state index is 11.5. The molecule has 0 spiro atoms. The molecule has 32 heavy (non-hydrogen) atoms.